The van der Waals surface area contributed by atoms with Crippen LogP contribution in [0.2, 0.25) is 0 Å². The largest absolute Gasteiger partial charge is 0.382 e. The quantitative estimate of drug-likeness (QED) is 0.775. The summed E-state index contributed by atoms with van der Waals surface area (Å²) in [7, 11) is 1.58. The van der Waals surface area contributed by atoms with Gasteiger partial charge in [-0.3, -0.25) is 4.79 Å². The molecule has 0 radical (unpaired) electrons. The summed E-state index contributed by atoms with van der Waals surface area (Å²) in [5, 5.41) is 12.0. The van der Waals surface area contributed by atoms with E-state index in [1.807, 2.05) is 18.2 Å². The number of nitrogens with one attached hydrogen (secondary N) is 1. The number of methoxy groups -OCH3 is 1. The second-order valence-corrected chi connectivity index (χ2v) is 6.14. The van der Waals surface area contributed by atoms with Crippen molar-refractivity contribution in [1.82, 2.24) is 10.3 Å². The molecule has 0 spiro atoms. The molecule has 0 aliphatic rings. The summed E-state index contributed by atoms with van der Waals surface area (Å²) in [6.07, 6.45) is 0. The molecule has 3 aromatic rings. The number of rotatable bonds is 5. The number of aromatic nitrogens is 1. The van der Waals surface area contributed by atoms with Crippen LogP contribution in [0.5, 0.6) is 0 Å². The van der Waals surface area contributed by atoms with Gasteiger partial charge in [-0.05, 0) is 35.9 Å². The molecule has 1 aromatic heterocycles. The van der Waals surface area contributed by atoms with Crippen molar-refractivity contribution in [3.63, 3.8) is 0 Å². The highest BCUT2D eigenvalue weighted by atomic mass is 32.1. The summed E-state index contributed by atoms with van der Waals surface area (Å²) >= 11 is 1.50. The highest BCUT2D eigenvalue weighted by Crippen LogP contribution is 2.20. The Balaban J connectivity index is 1.84. The minimum absolute atomic E-state index is 0.185. The van der Waals surface area contributed by atoms with Gasteiger partial charge in [0.2, 0.25) is 0 Å². The van der Waals surface area contributed by atoms with Gasteiger partial charge in [0.15, 0.2) is 0 Å². The smallest absolute Gasteiger partial charge is 0.251 e. The molecule has 24 heavy (non-hydrogen) atoms. The number of benzene rings is 2. The average Bonchev–Trinajstić information content (AvgIpc) is 3.09. The van der Waals surface area contributed by atoms with E-state index in [-0.39, 0.29) is 11.9 Å². The molecule has 1 atom stereocenters. The fourth-order valence-electron chi connectivity index (χ4n) is 2.45. The van der Waals surface area contributed by atoms with Gasteiger partial charge in [-0.25, -0.2) is 4.98 Å². The molecule has 0 bridgehead atoms. The summed E-state index contributed by atoms with van der Waals surface area (Å²) in [6.45, 7) is 0.323. The van der Waals surface area contributed by atoms with Crippen LogP contribution in [0.1, 0.15) is 27.5 Å². The first-order valence-electron chi connectivity index (χ1n) is 7.34. The third-order valence-electron chi connectivity index (χ3n) is 3.65. The van der Waals surface area contributed by atoms with E-state index in [9.17, 15) is 4.79 Å². The monoisotopic (exact) mass is 337 g/mol. The zero-order valence-corrected chi connectivity index (χ0v) is 13.8. The molecule has 0 saturated heterocycles. The number of nitriles is 1. The first kappa shape index (κ1) is 16.1. The summed E-state index contributed by atoms with van der Waals surface area (Å²) in [6, 6.07) is 14.4. The topological polar surface area (TPSA) is 75.0 Å². The molecule has 1 unspecified atom stereocenters. The molecule has 3 rings (SSSR count). The van der Waals surface area contributed by atoms with Gasteiger partial charge in [0, 0.05) is 12.7 Å². The van der Waals surface area contributed by atoms with Crippen molar-refractivity contribution >= 4 is 27.5 Å². The van der Waals surface area contributed by atoms with Gasteiger partial charge in [-0.15, -0.1) is 11.3 Å². The zero-order valence-electron chi connectivity index (χ0n) is 13.0. The summed E-state index contributed by atoms with van der Waals surface area (Å²) in [5.74, 6) is -0.185. The van der Waals surface area contributed by atoms with Gasteiger partial charge in [-0.1, -0.05) is 12.1 Å². The fourth-order valence-corrected chi connectivity index (χ4v) is 3.17. The second kappa shape index (κ2) is 7.21. The van der Waals surface area contributed by atoms with Crippen molar-refractivity contribution in [2.24, 2.45) is 0 Å². The Morgan fingerprint density at radius 1 is 1.38 bits per heavy atom. The third-order valence-corrected chi connectivity index (χ3v) is 4.44. The first-order valence-corrected chi connectivity index (χ1v) is 8.22. The number of fused-ring (bicyclic) bond motifs is 1. The molecule has 120 valence electrons. The minimum atomic E-state index is -0.326. The van der Waals surface area contributed by atoms with Gasteiger partial charge in [0.1, 0.15) is 0 Å². The Kier molecular flexibility index (Phi) is 4.85. The molecule has 0 fully saturated rings. The molecule has 1 heterocycles. The van der Waals surface area contributed by atoms with Crippen molar-refractivity contribution < 1.29 is 9.53 Å². The summed E-state index contributed by atoms with van der Waals surface area (Å²) < 4.78 is 6.19. The number of thiazole rings is 1. The standard InChI is InChI=1S/C18H15N3O2S/c1-23-10-16(13-4-2-3-12(7-13)9-19)21-18(22)14-5-6-15-17(8-14)24-11-20-15/h2-8,11,16H,10H2,1H3,(H,21,22). The number of carbonyl (C=O) groups excluding carboxylic acids is 1. The fraction of sp³-hybridized carbons (Fsp3) is 0.167. The van der Waals surface area contributed by atoms with Gasteiger partial charge < -0.3 is 10.1 Å². The van der Waals surface area contributed by atoms with Crippen molar-refractivity contribution in [2.45, 2.75) is 6.04 Å². The van der Waals surface area contributed by atoms with Crippen LogP contribution in [0.25, 0.3) is 10.2 Å². The van der Waals surface area contributed by atoms with Gasteiger partial charge in [0.05, 0.1) is 40.0 Å². The molecule has 0 saturated carbocycles. The minimum Gasteiger partial charge on any atom is -0.382 e. The maximum absolute atomic E-state index is 12.6. The molecule has 5 nitrogen and oxygen atoms in total. The Morgan fingerprint density at radius 2 is 2.25 bits per heavy atom. The normalized spacial score (nSPS) is 11.8. The number of amides is 1. The van der Waals surface area contributed by atoms with Gasteiger partial charge >= 0.3 is 0 Å². The van der Waals surface area contributed by atoms with Crippen molar-refractivity contribution in [3.05, 3.63) is 64.7 Å². The molecule has 1 N–H and O–H groups in total. The molecule has 0 aliphatic heterocycles. The predicted octanol–water partition coefficient (Wildman–Crippen LogP) is 3.29. The molecular weight excluding hydrogens is 322 g/mol. The predicted molar refractivity (Wildman–Crippen MR) is 92.9 cm³/mol. The number of nitrogens with zero attached hydrogens (tertiary/aromatic N) is 2. The summed E-state index contributed by atoms with van der Waals surface area (Å²) in [4.78, 5) is 16.8. The maximum atomic E-state index is 12.6. The number of carbonyl (C=O) groups is 1. The van der Waals surface area contributed by atoms with Crippen LogP contribution in [-0.2, 0) is 4.74 Å². The van der Waals surface area contributed by atoms with Crippen LogP contribution < -0.4 is 5.32 Å². The van der Waals surface area contributed by atoms with Crippen molar-refractivity contribution in [1.29, 1.82) is 5.26 Å². The zero-order chi connectivity index (χ0) is 16.9. The Hall–Kier alpha value is -2.75. The van der Waals surface area contributed by atoms with E-state index in [0.717, 1.165) is 15.8 Å². The van der Waals surface area contributed by atoms with Crippen LogP contribution >= 0.6 is 11.3 Å². The van der Waals surface area contributed by atoms with Crippen LogP contribution in [0.15, 0.2) is 48.0 Å². The van der Waals surface area contributed by atoms with Gasteiger partial charge in [-0.2, -0.15) is 5.26 Å². The van der Waals surface area contributed by atoms with Crippen LogP contribution in [-0.4, -0.2) is 24.6 Å². The Morgan fingerprint density at radius 3 is 3.04 bits per heavy atom. The van der Waals surface area contributed by atoms with E-state index in [2.05, 4.69) is 16.4 Å². The average molecular weight is 337 g/mol. The molecule has 6 heteroatoms. The molecule has 0 aliphatic carbocycles. The molecule has 2 aromatic carbocycles. The Bertz CT molecular complexity index is 914. The maximum Gasteiger partial charge on any atom is 0.251 e. The van der Waals surface area contributed by atoms with E-state index < -0.39 is 0 Å². The first-order chi connectivity index (χ1) is 11.7. The highest BCUT2D eigenvalue weighted by Gasteiger charge is 2.16. The van der Waals surface area contributed by atoms with E-state index in [1.54, 1.807) is 36.9 Å². The summed E-state index contributed by atoms with van der Waals surface area (Å²) in [5.41, 5.74) is 4.60. The lowest BCUT2D eigenvalue weighted by atomic mass is 10.0. The van der Waals surface area contributed by atoms with Crippen LogP contribution in [0.3, 0.4) is 0 Å². The van der Waals surface area contributed by atoms with Crippen molar-refractivity contribution in [3.8, 4) is 6.07 Å². The lowest BCUT2D eigenvalue weighted by Crippen LogP contribution is -2.31. The SMILES string of the molecule is COCC(NC(=O)c1ccc2ncsc2c1)c1cccc(C#N)c1. The van der Waals surface area contributed by atoms with Crippen LogP contribution in [0, 0.1) is 11.3 Å². The van der Waals surface area contributed by atoms with Crippen LogP contribution in [0.4, 0.5) is 0 Å². The number of hydrogen-bond acceptors (Lipinski definition) is 5. The van der Waals surface area contributed by atoms with E-state index in [0.29, 0.717) is 17.7 Å². The lowest BCUT2D eigenvalue weighted by molar-refractivity contribution is 0.0896. The lowest BCUT2D eigenvalue weighted by Gasteiger charge is -2.18. The van der Waals surface area contributed by atoms with E-state index >= 15 is 0 Å². The third kappa shape index (κ3) is 3.43. The van der Waals surface area contributed by atoms with Gasteiger partial charge in [0.25, 0.3) is 5.91 Å². The number of hydrogen-bond donors (Lipinski definition) is 1. The van der Waals surface area contributed by atoms with Crippen molar-refractivity contribution in [2.75, 3.05) is 13.7 Å². The molecular formula is C18H15N3O2S. The molecule has 1 amide bonds. The van der Waals surface area contributed by atoms with E-state index in [4.69, 9.17) is 10.00 Å². The highest BCUT2D eigenvalue weighted by molar-refractivity contribution is 7.16. The number of ether oxygens (including phenoxy) is 1. The van der Waals surface area contributed by atoms with E-state index in [1.165, 1.54) is 11.3 Å². The second-order valence-electron chi connectivity index (χ2n) is 5.25. The Labute approximate surface area is 143 Å².